The lowest BCUT2D eigenvalue weighted by Crippen LogP contribution is -2.38. The van der Waals surface area contributed by atoms with Gasteiger partial charge in [0.25, 0.3) is 0 Å². The molecule has 2 rings (SSSR count). The van der Waals surface area contributed by atoms with Gasteiger partial charge in [0.2, 0.25) is 0 Å². The molecule has 0 amide bonds. The van der Waals surface area contributed by atoms with E-state index in [0.717, 1.165) is 24.7 Å². The number of nitrogens with zero attached hydrogens (tertiary/aromatic N) is 3. The van der Waals surface area contributed by atoms with Gasteiger partial charge in [0.05, 0.1) is 11.9 Å². The van der Waals surface area contributed by atoms with Gasteiger partial charge in [0.1, 0.15) is 5.56 Å². The highest BCUT2D eigenvalue weighted by Crippen LogP contribution is 2.34. The first-order valence-corrected chi connectivity index (χ1v) is 7.25. The number of aromatic nitrogens is 2. The second-order valence-corrected chi connectivity index (χ2v) is 6.85. The van der Waals surface area contributed by atoms with E-state index >= 15 is 0 Å². The molecule has 1 fully saturated rings. The Labute approximate surface area is 120 Å². The summed E-state index contributed by atoms with van der Waals surface area (Å²) >= 11 is 0. The average Bonchev–Trinajstić information content (AvgIpc) is 2.71. The van der Waals surface area contributed by atoms with Gasteiger partial charge in [0.15, 0.2) is 0 Å². The van der Waals surface area contributed by atoms with Crippen LogP contribution in [0.1, 0.15) is 49.7 Å². The number of carboxylic acid groups (broad SMARTS) is 1. The first kappa shape index (κ1) is 15.0. The Bertz CT molecular complexity index is 480. The van der Waals surface area contributed by atoms with Crippen molar-refractivity contribution < 1.29 is 9.90 Å². The van der Waals surface area contributed by atoms with Crippen molar-refractivity contribution in [1.82, 2.24) is 14.7 Å². The summed E-state index contributed by atoms with van der Waals surface area (Å²) in [7, 11) is 1.81. The highest BCUT2D eigenvalue weighted by molar-refractivity contribution is 5.88. The van der Waals surface area contributed by atoms with Gasteiger partial charge in [-0.3, -0.25) is 9.58 Å². The smallest absolute Gasteiger partial charge is 0.339 e. The van der Waals surface area contributed by atoms with Gasteiger partial charge in [-0.1, -0.05) is 20.8 Å². The van der Waals surface area contributed by atoms with Crippen LogP contribution in [0.4, 0.5) is 0 Å². The Morgan fingerprint density at radius 3 is 2.50 bits per heavy atom. The fraction of sp³-hybridized carbons (Fsp3) is 0.733. The number of rotatable bonds is 3. The van der Waals surface area contributed by atoms with E-state index in [-0.39, 0.29) is 0 Å². The first-order valence-electron chi connectivity index (χ1n) is 7.25. The summed E-state index contributed by atoms with van der Waals surface area (Å²) in [6.07, 6.45) is 3.81. The van der Waals surface area contributed by atoms with Crippen LogP contribution < -0.4 is 0 Å². The van der Waals surface area contributed by atoms with Gasteiger partial charge >= 0.3 is 5.97 Å². The number of carboxylic acids is 1. The summed E-state index contributed by atoms with van der Waals surface area (Å²) in [5.74, 6) is -0.137. The SMILES string of the molecule is Cn1ncc(C(=O)O)c1CN1CCC(C(C)(C)C)CC1. The highest BCUT2D eigenvalue weighted by Gasteiger charge is 2.29. The summed E-state index contributed by atoms with van der Waals surface area (Å²) in [5, 5.41) is 13.3. The van der Waals surface area contributed by atoms with Crippen molar-refractivity contribution in [3.8, 4) is 0 Å². The van der Waals surface area contributed by atoms with Crippen LogP contribution in [0.5, 0.6) is 0 Å². The van der Waals surface area contributed by atoms with Gasteiger partial charge in [-0.2, -0.15) is 5.10 Å². The van der Waals surface area contributed by atoms with Crippen LogP contribution in [-0.4, -0.2) is 38.8 Å². The average molecular weight is 279 g/mol. The molecule has 0 atom stereocenters. The number of piperidine rings is 1. The van der Waals surface area contributed by atoms with Crippen molar-refractivity contribution in [1.29, 1.82) is 0 Å². The zero-order valence-corrected chi connectivity index (χ0v) is 12.9. The van der Waals surface area contributed by atoms with E-state index in [1.807, 2.05) is 7.05 Å². The lowest BCUT2D eigenvalue weighted by atomic mass is 9.75. The summed E-state index contributed by atoms with van der Waals surface area (Å²) < 4.78 is 1.68. The number of aromatic carboxylic acids is 1. The van der Waals surface area contributed by atoms with E-state index < -0.39 is 5.97 Å². The summed E-state index contributed by atoms with van der Waals surface area (Å²) in [6, 6.07) is 0. The molecule has 1 aromatic heterocycles. The third-order valence-corrected chi connectivity index (χ3v) is 4.48. The van der Waals surface area contributed by atoms with Crippen molar-refractivity contribution in [3.05, 3.63) is 17.5 Å². The monoisotopic (exact) mass is 279 g/mol. The molecule has 0 aliphatic carbocycles. The molecule has 1 aliphatic heterocycles. The first-order chi connectivity index (χ1) is 9.29. The van der Waals surface area contributed by atoms with Crippen molar-refractivity contribution in [3.63, 3.8) is 0 Å². The zero-order valence-electron chi connectivity index (χ0n) is 12.9. The molecular formula is C15H25N3O2. The molecular weight excluding hydrogens is 254 g/mol. The van der Waals surface area contributed by atoms with Crippen LogP contribution in [-0.2, 0) is 13.6 Å². The predicted octanol–water partition coefficient (Wildman–Crippen LogP) is 2.38. The largest absolute Gasteiger partial charge is 0.478 e. The molecule has 0 saturated carbocycles. The minimum atomic E-state index is -0.891. The van der Waals surface area contributed by atoms with Gasteiger partial charge in [0, 0.05) is 13.6 Å². The van der Waals surface area contributed by atoms with Gasteiger partial charge < -0.3 is 5.11 Å². The molecule has 2 heterocycles. The molecule has 0 radical (unpaired) electrons. The molecule has 5 heteroatoms. The maximum absolute atomic E-state index is 11.2. The van der Waals surface area contributed by atoms with Crippen molar-refractivity contribution >= 4 is 5.97 Å². The normalized spacial score (nSPS) is 18.4. The highest BCUT2D eigenvalue weighted by atomic mass is 16.4. The molecule has 0 aromatic carbocycles. The summed E-state index contributed by atoms with van der Waals surface area (Å²) in [4.78, 5) is 13.5. The topological polar surface area (TPSA) is 58.4 Å². The lowest BCUT2D eigenvalue weighted by molar-refractivity contribution is 0.0691. The molecule has 0 bridgehead atoms. The van der Waals surface area contributed by atoms with E-state index in [2.05, 4.69) is 30.8 Å². The molecule has 20 heavy (non-hydrogen) atoms. The Balaban J connectivity index is 2.00. The van der Waals surface area contributed by atoms with Gasteiger partial charge in [-0.15, -0.1) is 0 Å². The Morgan fingerprint density at radius 1 is 1.40 bits per heavy atom. The second-order valence-electron chi connectivity index (χ2n) is 6.85. The zero-order chi connectivity index (χ0) is 14.9. The van der Waals surface area contributed by atoms with E-state index in [1.54, 1.807) is 4.68 Å². The molecule has 1 N–H and O–H groups in total. The minimum Gasteiger partial charge on any atom is -0.478 e. The van der Waals surface area contributed by atoms with Gasteiger partial charge in [-0.05, 0) is 37.3 Å². The molecule has 5 nitrogen and oxygen atoms in total. The van der Waals surface area contributed by atoms with Crippen molar-refractivity contribution in [2.75, 3.05) is 13.1 Å². The molecule has 112 valence electrons. The van der Waals surface area contributed by atoms with E-state index in [4.69, 9.17) is 0 Å². The maximum Gasteiger partial charge on any atom is 0.339 e. The lowest BCUT2D eigenvalue weighted by Gasteiger charge is -2.38. The van der Waals surface area contributed by atoms with Crippen LogP contribution in [0.25, 0.3) is 0 Å². The quantitative estimate of drug-likeness (QED) is 0.923. The molecule has 1 aliphatic rings. The van der Waals surface area contributed by atoms with Crippen LogP contribution in [0, 0.1) is 11.3 Å². The van der Waals surface area contributed by atoms with Crippen molar-refractivity contribution in [2.45, 2.75) is 40.2 Å². The molecule has 1 aromatic rings. The third-order valence-electron chi connectivity index (χ3n) is 4.48. The van der Waals surface area contributed by atoms with E-state index in [0.29, 0.717) is 17.5 Å². The standard InChI is InChI=1S/C15H25N3O2/c1-15(2,3)11-5-7-18(8-6-11)10-13-12(14(19)20)9-16-17(13)4/h9,11H,5-8,10H2,1-4H3,(H,19,20). The number of aryl methyl sites for hydroxylation is 1. The number of carbonyl (C=O) groups is 1. The Hall–Kier alpha value is -1.36. The number of hydrogen-bond acceptors (Lipinski definition) is 3. The van der Waals surface area contributed by atoms with Crippen LogP contribution in [0.2, 0.25) is 0 Å². The fourth-order valence-corrected chi connectivity index (χ4v) is 3.00. The minimum absolute atomic E-state index is 0.324. The van der Waals surface area contributed by atoms with E-state index in [1.165, 1.54) is 19.0 Å². The molecule has 1 saturated heterocycles. The van der Waals surface area contributed by atoms with Crippen LogP contribution in [0.3, 0.4) is 0 Å². The van der Waals surface area contributed by atoms with Crippen LogP contribution >= 0.6 is 0 Å². The van der Waals surface area contributed by atoms with E-state index in [9.17, 15) is 9.90 Å². The van der Waals surface area contributed by atoms with Gasteiger partial charge in [-0.25, -0.2) is 4.79 Å². The Morgan fingerprint density at radius 2 is 2.00 bits per heavy atom. The molecule has 0 spiro atoms. The molecule has 0 unspecified atom stereocenters. The van der Waals surface area contributed by atoms with Crippen molar-refractivity contribution in [2.24, 2.45) is 18.4 Å². The fourth-order valence-electron chi connectivity index (χ4n) is 3.00. The Kier molecular flexibility index (Phi) is 4.18. The third kappa shape index (κ3) is 3.20. The summed E-state index contributed by atoms with van der Waals surface area (Å²) in [5.41, 5.74) is 1.49. The van der Waals surface area contributed by atoms with Crippen LogP contribution in [0.15, 0.2) is 6.20 Å². The second kappa shape index (κ2) is 5.56. The number of likely N-dealkylation sites (tertiary alicyclic amines) is 1. The predicted molar refractivity (Wildman–Crippen MR) is 77.6 cm³/mol. The maximum atomic E-state index is 11.2. The summed E-state index contributed by atoms with van der Waals surface area (Å²) in [6.45, 7) is 9.65. The number of hydrogen-bond donors (Lipinski definition) is 1.